The maximum absolute atomic E-state index is 12.8. The fourth-order valence-electron chi connectivity index (χ4n) is 4.54. The topological polar surface area (TPSA) is 91.1 Å². The van der Waals surface area contributed by atoms with Gasteiger partial charge in [-0.15, -0.1) is 0 Å². The van der Waals surface area contributed by atoms with Crippen molar-refractivity contribution in [3.63, 3.8) is 0 Å². The second-order valence-electron chi connectivity index (χ2n) is 7.77. The van der Waals surface area contributed by atoms with E-state index in [2.05, 4.69) is 21.4 Å². The highest BCUT2D eigenvalue weighted by atomic mass is 35.5. The third kappa shape index (κ3) is 3.33. The molecule has 2 unspecified atom stereocenters. The van der Waals surface area contributed by atoms with E-state index in [0.717, 1.165) is 36.1 Å². The Labute approximate surface area is 173 Å². The standard InChI is InChI=1S/C21H20ClN5O2/c22-14-5-12-7-15(8-17(12)13(6-14)9-23)25-21-24-10-18-19(26-21)1-3-27(20(18)28)16-2-4-29-11-16/h5-6,10,15-16H,1-4,7-8,11H2,(H,24,25,26). The summed E-state index contributed by atoms with van der Waals surface area (Å²) in [7, 11) is 0. The van der Waals surface area contributed by atoms with E-state index in [4.69, 9.17) is 16.3 Å². The Bertz CT molecular complexity index is 1030. The molecule has 1 aliphatic carbocycles. The quantitative estimate of drug-likeness (QED) is 0.836. The van der Waals surface area contributed by atoms with Crippen molar-refractivity contribution in [2.45, 2.75) is 37.8 Å². The van der Waals surface area contributed by atoms with Crippen LogP contribution in [-0.4, -0.2) is 52.6 Å². The number of rotatable bonds is 3. The molecular formula is C21H20ClN5O2. The molecule has 0 saturated carbocycles. The Morgan fingerprint density at radius 2 is 2.24 bits per heavy atom. The van der Waals surface area contributed by atoms with Crippen LogP contribution < -0.4 is 5.32 Å². The SMILES string of the molecule is N#Cc1cc(Cl)cc2c1CC(Nc1ncc3c(n1)CCN(C1CCOC1)C3=O)C2. The van der Waals surface area contributed by atoms with E-state index in [-0.39, 0.29) is 18.0 Å². The minimum absolute atomic E-state index is 0.00475. The van der Waals surface area contributed by atoms with Crippen molar-refractivity contribution >= 4 is 23.5 Å². The number of halogens is 1. The molecule has 0 radical (unpaired) electrons. The second-order valence-corrected chi connectivity index (χ2v) is 8.21. The number of ether oxygens (including phenoxy) is 1. The zero-order valence-electron chi connectivity index (χ0n) is 15.8. The van der Waals surface area contributed by atoms with Gasteiger partial charge in [-0.3, -0.25) is 4.79 Å². The van der Waals surface area contributed by atoms with Gasteiger partial charge in [-0.2, -0.15) is 5.26 Å². The number of hydrogen-bond acceptors (Lipinski definition) is 6. The largest absolute Gasteiger partial charge is 0.379 e. The van der Waals surface area contributed by atoms with Crippen LogP contribution in [0.4, 0.5) is 5.95 Å². The molecular weight excluding hydrogens is 390 g/mol. The second kappa shape index (κ2) is 7.29. The van der Waals surface area contributed by atoms with Gasteiger partial charge in [0.1, 0.15) is 0 Å². The maximum atomic E-state index is 12.8. The van der Waals surface area contributed by atoms with Gasteiger partial charge in [-0.25, -0.2) is 9.97 Å². The van der Waals surface area contributed by atoms with Crippen molar-refractivity contribution in [2.75, 3.05) is 25.1 Å². The van der Waals surface area contributed by atoms with Gasteiger partial charge >= 0.3 is 0 Å². The minimum atomic E-state index is -0.00475. The lowest BCUT2D eigenvalue weighted by molar-refractivity contribution is 0.0633. The number of amides is 1. The summed E-state index contributed by atoms with van der Waals surface area (Å²) in [6, 6.07) is 6.12. The van der Waals surface area contributed by atoms with E-state index in [1.54, 1.807) is 12.3 Å². The molecule has 0 bridgehead atoms. The molecule has 1 saturated heterocycles. The van der Waals surface area contributed by atoms with Crippen LogP contribution in [0.3, 0.4) is 0 Å². The van der Waals surface area contributed by atoms with Gasteiger partial charge in [0.25, 0.3) is 5.91 Å². The number of hydrogen-bond donors (Lipinski definition) is 1. The molecule has 1 aromatic heterocycles. The number of benzene rings is 1. The number of fused-ring (bicyclic) bond motifs is 2. The number of carbonyl (C=O) groups is 1. The van der Waals surface area contributed by atoms with Crippen LogP contribution >= 0.6 is 11.6 Å². The van der Waals surface area contributed by atoms with Crippen molar-refractivity contribution < 1.29 is 9.53 Å². The monoisotopic (exact) mass is 409 g/mol. The fraction of sp³-hybridized carbons (Fsp3) is 0.429. The molecule has 1 amide bonds. The summed E-state index contributed by atoms with van der Waals surface area (Å²) in [6.07, 6.45) is 4.73. The van der Waals surface area contributed by atoms with Gasteiger partial charge in [0.15, 0.2) is 0 Å². The number of nitrogens with zero attached hydrogens (tertiary/aromatic N) is 4. The number of nitrogens with one attached hydrogen (secondary N) is 1. The molecule has 29 heavy (non-hydrogen) atoms. The molecule has 1 N–H and O–H groups in total. The first-order chi connectivity index (χ1) is 14.1. The van der Waals surface area contributed by atoms with Crippen molar-refractivity contribution in [1.29, 1.82) is 5.26 Å². The van der Waals surface area contributed by atoms with E-state index >= 15 is 0 Å². The predicted molar refractivity (Wildman–Crippen MR) is 107 cm³/mol. The van der Waals surface area contributed by atoms with E-state index in [1.807, 2.05) is 11.0 Å². The van der Waals surface area contributed by atoms with Gasteiger partial charge in [-0.05, 0) is 42.5 Å². The minimum Gasteiger partial charge on any atom is -0.379 e. The van der Waals surface area contributed by atoms with Gasteiger partial charge in [0.05, 0.1) is 35.5 Å². The van der Waals surface area contributed by atoms with E-state index in [1.165, 1.54) is 0 Å². The first kappa shape index (κ1) is 18.3. The molecule has 2 aliphatic heterocycles. The van der Waals surface area contributed by atoms with Crippen LogP contribution in [0.25, 0.3) is 0 Å². The average molecular weight is 410 g/mol. The Hall–Kier alpha value is -2.69. The van der Waals surface area contributed by atoms with Gasteiger partial charge in [-0.1, -0.05) is 11.6 Å². The summed E-state index contributed by atoms with van der Waals surface area (Å²) in [5, 5.41) is 13.3. The summed E-state index contributed by atoms with van der Waals surface area (Å²) >= 11 is 6.13. The zero-order valence-corrected chi connectivity index (χ0v) is 16.6. The van der Waals surface area contributed by atoms with Crippen molar-refractivity contribution in [2.24, 2.45) is 0 Å². The van der Waals surface area contributed by atoms with Gasteiger partial charge in [0.2, 0.25) is 5.95 Å². The summed E-state index contributed by atoms with van der Waals surface area (Å²) in [6.45, 7) is 1.98. The van der Waals surface area contributed by atoms with Crippen molar-refractivity contribution in [3.05, 3.63) is 51.3 Å². The van der Waals surface area contributed by atoms with Crippen LogP contribution in [0.15, 0.2) is 18.3 Å². The molecule has 2 atom stereocenters. The molecule has 1 fully saturated rings. The van der Waals surface area contributed by atoms with Crippen LogP contribution in [0.5, 0.6) is 0 Å². The van der Waals surface area contributed by atoms with Crippen LogP contribution in [0.1, 0.15) is 39.2 Å². The molecule has 3 aliphatic rings. The number of aromatic nitrogens is 2. The third-order valence-electron chi connectivity index (χ3n) is 5.97. The van der Waals surface area contributed by atoms with Crippen LogP contribution in [-0.2, 0) is 24.0 Å². The molecule has 7 nitrogen and oxygen atoms in total. The van der Waals surface area contributed by atoms with E-state index in [0.29, 0.717) is 48.3 Å². The smallest absolute Gasteiger partial charge is 0.257 e. The molecule has 2 aromatic rings. The zero-order chi connectivity index (χ0) is 20.0. The maximum Gasteiger partial charge on any atom is 0.257 e. The van der Waals surface area contributed by atoms with E-state index < -0.39 is 0 Å². The van der Waals surface area contributed by atoms with Gasteiger partial charge in [0, 0.05) is 36.8 Å². The highest BCUT2D eigenvalue weighted by Gasteiger charge is 2.33. The molecule has 5 rings (SSSR count). The molecule has 3 heterocycles. The highest BCUT2D eigenvalue weighted by Crippen LogP contribution is 2.30. The molecule has 8 heteroatoms. The Morgan fingerprint density at radius 1 is 1.34 bits per heavy atom. The van der Waals surface area contributed by atoms with E-state index in [9.17, 15) is 10.1 Å². The third-order valence-corrected chi connectivity index (χ3v) is 6.19. The predicted octanol–water partition coefficient (Wildman–Crippen LogP) is 2.37. The fourth-order valence-corrected chi connectivity index (χ4v) is 4.78. The van der Waals surface area contributed by atoms with Crippen LogP contribution in [0, 0.1) is 11.3 Å². The lowest BCUT2D eigenvalue weighted by Gasteiger charge is -2.32. The molecule has 148 valence electrons. The van der Waals surface area contributed by atoms with Gasteiger partial charge < -0.3 is 15.0 Å². The molecule has 0 spiro atoms. The number of anilines is 1. The Morgan fingerprint density at radius 3 is 3.03 bits per heavy atom. The van der Waals surface area contributed by atoms with Crippen molar-refractivity contribution in [1.82, 2.24) is 14.9 Å². The first-order valence-corrected chi connectivity index (χ1v) is 10.2. The van der Waals surface area contributed by atoms with Crippen molar-refractivity contribution in [3.8, 4) is 6.07 Å². The molecule has 1 aromatic carbocycles. The summed E-state index contributed by atoms with van der Waals surface area (Å²) in [5.74, 6) is 0.520. The summed E-state index contributed by atoms with van der Waals surface area (Å²) < 4.78 is 5.43. The lowest BCUT2D eigenvalue weighted by atomic mass is 10.0. The van der Waals surface area contributed by atoms with Crippen LogP contribution in [0.2, 0.25) is 5.02 Å². The Balaban J connectivity index is 1.32. The summed E-state index contributed by atoms with van der Waals surface area (Å²) in [4.78, 5) is 23.8. The first-order valence-electron chi connectivity index (χ1n) is 9.85. The average Bonchev–Trinajstić information content (AvgIpc) is 3.37. The number of carbonyl (C=O) groups excluding carboxylic acids is 1. The number of nitriles is 1. The summed E-state index contributed by atoms with van der Waals surface area (Å²) in [5.41, 5.74) is 4.14. The Kier molecular flexibility index (Phi) is 4.61. The lowest BCUT2D eigenvalue weighted by Crippen LogP contribution is -2.45. The highest BCUT2D eigenvalue weighted by molar-refractivity contribution is 6.30. The normalized spacial score (nSPS) is 22.9.